The highest BCUT2D eigenvalue weighted by Gasteiger charge is 2.17. The minimum Gasteiger partial charge on any atom is -0.336 e. The van der Waals surface area contributed by atoms with Crippen molar-refractivity contribution in [2.75, 3.05) is 6.54 Å². The zero-order valence-corrected chi connectivity index (χ0v) is 17.6. The highest BCUT2D eigenvalue weighted by Crippen LogP contribution is 2.10. The quantitative estimate of drug-likeness (QED) is 0.633. The van der Waals surface area contributed by atoms with Gasteiger partial charge in [0.2, 0.25) is 0 Å². The first-order chi connectivity index (χ1) is 13.4. The van der Waals surface area contributed by atoms with Crippen molar-refractivity contribution in [2.45, 2.75) is 72.4 Å². The average Bonchev–Trinajstić information content (AvgIpc) is 2.64. The van der Waals surface area contributed by atoms with Crippen LogP contribution in [-0.4, -0.2) is 33.5 Å². The smallest absolute Gasteiger partial charge is 0.318 e. The number of carbonyl (C=O) groups excluding carboxylic acids is 1. The fourth-order valence-electron chi connectivity index (χ4n) is 3.20. The number of hydrogen-bond acceptors (Lipinski definition) is 3. The van der Waals surface area contributed by atoms with Crippen LogP contribution in [0.2, 0.25) is 0 Å². The van der Waals surface area contributed by atoms with Crippen LogP contribution in [0.1, 0.15) is 65.6 Å². The van der Waals surface area contributed by atoms with E-state index in [4.69, 9.17) is 0 Å². The van der Waals surface area contributed by atoms with Crippen molar-refractivity contribution in [3.05, 3.63) is 40.4 Å². The molecule has 0 bridgehead atoms. The van der Waals surface area contributed by atoms with Gasteiger partial charge in [-0.15, -0.1) is 0 Å². The van der Waals surface area contributed by atoms with Gasteiger partial charge >= 0.3 is 6.03 Å². The van der Waals surface area contributed by atoms with Crippen LogP contribution >= 0.6 is 0 Å². The number of carbonyl (C=O) groups is 1. The van der Waals surface area contributed by atoms with E-state index in [2.05, 4.69) is 36.1 Å². The summed E-state index contributed by atoms with van der Waals surface area (Å²) in [6.07, 6.45) is 5.15. The van der Waals surface area contributed by atoms with E-state index in [1.807, 2.05) is 25.1 Å². The second-order valence-corrected chi connectivity index (χ2v) is 7.98. The van der Waals surface area contributed by atoms with Crippen molar-refractivity contribution in [3.63, 3.8) is 0 Å². The summed E-state index contributed by atoms with van der Waals surface area (Å²) in [5.74, 6) is 1.20. The topological polar surface area (TPSA) is 78.1 Å². The van der Waals surface area contributed by atoms with E-state index in [0.29, 0.717) is 35.7 Å². The van der Waals surface area contributed by atoms with Crippen molar-refractivity contribution in [1.29, 1.82) is 0 Å². The van der Waals surface area contributed by atoms with Gasteiger partial charge in [-0.2, -0.15) is 0 Å². The number of para-hydroxylation sites is 1. The Labute approximate surface area is 167 Å². The Morgan fingerprint density at radius 2 is 1.93 bits per heavy atom. The third-order valence-electron chi connectivity index (χ3n) is 4.86. The first kappa shape index (κ1) is 21.9. The van der Waals surface area contributed by atoms with Gasteiger partial charge in [0.1, 0.15) is 5.82 Å². The molecule has 0 aliphatic carbocycles. The lowest BCUT2D eigenvalue weighted by atomic mass is 10.0. The highest BCUT2D eigenvalue weighted by molar-refractivity contribution is 5.77. The fraction of sp³-hybridized carbons (Fsp3) is 0.591. The van der Waals surface area contributed by atoms with Crippen LogP contribution in [0.15, 0.2) is 29.1 Å². The third kappa shape index (κ3) is 6.66. The highest BCUT2D eigenvalue weighted by atomic mass is 16.2. The summed E-state index contributed by atoms with van der Waals surface area (Å²) in [6.45, 7) is 9.51. The molecule has 1 aromatic carbocycles. The van der Waals surface area contributed by atoms with Crippen molar-refractivity contribution >= 4 is 16.9 Å². The standard InChI is InChI=1S/C22H34N4O2/c1-5-6-14-26(22(28)23-17(4)11-9-10-16(2)3)15-20-24-19-13-8-7-12-18(19)21(27)25-20/h7-8,12-13,16-17H,5-6,9-11,14-15H2,1-4H3,(H,23,28)(H,24,25,27)/t17-/m0/s1. The molecule has 2 aromatic rings. The SMILES string of the molecule is CCCCN(Cc1nc2ccccc2c(=O)[nH]1)C(=O)N[C@@H](C)CCCC(C)C. The van der Waals surface area contributed by atoms with E-state index in [1.54, 1.807) is 11.0 Å². The van der Waals surface area contributed by atoms with Crippen molar-refractivity contribution in [1.82, 2.24) is 20.2 Å². The minimum absolute atomic E-state index is 0.0960. The van der Waals surface area contributed by atoms with E-state index >= 15 is 0 Å². The molecule has 0 radical (unpaired) electrons. The Morgan fingerprint density at radius 3 is 2.64 bits per heavy atom. The van der Waals surface area contributed by atoms with Crippen molar-refractivity contribution in [3.8, 4) is 0 Å². The summed E-state index contributed by atoms with van der Waals surface area (Å²) < 4.78 is 0. The number of unbranched alkanes of at least 4 members (excludes halogenated alkanes) is 1. The normalized spacial score (nSPS) is 12.3. The molecular weight excluding hydrogens is 352 g/mol. The van der Waals surface area contributed by atoms with Gasteiger partial charge in [-0.05, 0) is 37.8 Å². The number of aromatic nitrogens is 2. The molecule has 0 aliphatic rings. The van der Waals surface area contributed by atoms with Crippen LogP contribution < -0.4 is 10.9 Å². The van der Waals surface area contributed by atoms with Crippen LogP contribution in [0.5, 0.6) is 0 Å². The van der Waals surface area contributed by atoms with Crippen molar-refractivity contribution < 1.29 is 4.79 Å². The van der Waals surface area contributed by atoms with E-state index in [0.717, 1.165) is 25.7 Å². The van der Waals surface area contributed by atoms with E-state index in [1.165, 1.54) is 6.42 Å². The molecule has 0 saturated carbocycles. The van der Waals surface area contributed by atoms with Gasteiger partial charge in [-0.1, -0.05) is 52.2 Å². The van der Waals surface area contributed by atoms with Gasteiger partial charge in [-0.25, -0.2) is 9.78 Å². The maximum absolute atomic E-state index is 12.8. The molecule has 1 heterocycles. The molecule has 0 saturated heterocycles. The summed E-state index contributed by atoms with van der Waals surface area (Å²) in [6, 6.07) is 7.28. The molecule has 6 nitrogen and oxygen atoms in total. The lowest BCUT2D eigenvalue weighted by Gasteiger charge is -2.25. The number of nitrogens with zero attached hydrogens (tertiary/aromatic N) is 2. The van der Waals surface area contributed by atoms with Crippen LogP contribution in [0.4, 0.5) is 4.79 Å². The van der Waals surface area contributed by atoms with Gasteiger partial charge in [0, 0.05) is 12.6 Å². The molecule has 0 aliphatic heterocycles. The largest absolute Gasteiger partial charge is 0.336 e. The number of nitrogens with one attached hydrogen (secondary N) is 2. The molecule has 28 heavy (non-hydrogen) atoms. The first-order valence-corrected chi connectivity index (χ1v) is 10.4. The second kappa shape index (κ2) is 10.8. The van der Waals surface area contributed by atoms with Gasteiger partial charge in [-0.3, -0.25) is 4.79 Å². The maximum atomic E-state index is 12.8. The molecule has 154 valence electrons. The molecule has 2 N–H and O–H groups in total. The predicted molar refractivity (Wildman–Crippen MR) is 114 cm³/mol. The number of fused-ring (bicyclic) bond motifs is 1. The summed E-state index contributed by atoms with van der Waals surface area (Å²) >= 11 is 0. The summed E-state index contributed by atoms with van der Waals surface area (Å²) in [5.41, 5.74) is 0.484. The molecule has 6 heteroatoms. The molecule has 2 rings (SSSR count). The minimum atomic E-state index is -0.168. The first-order valence-electron chi connectivity index (χ1n) is 10.4. The second-order valence-electron chi connectivity index (χ2n) is 7.98. The Morgan fingerprint density at radius 1 is 1.18 bits per heavy atom. The van der Waals surface area contributed by atoms with Crippen LogP contribution in [0.25, 0.3) is 10.9 Å². The van der Waals surface area contributed by atoms with Crippen molar-refractivity contribution in [2.24, 2.45) is 5.92 Å². The number of H-pyrrole nitrogens is 1. The summed E-state index contributed by atoms with van der Waals surface area (Å²) in [4.78, 5) is 34.2. The molecule has 1 aromatic heterocycles. The van der Waals surface area contributed by atoms with E-state index in [-0.39, 0.29) is 17.6 Å². The molecule has 0 fully saturated rings. The maximum Gasteiger partial charge on any atom is 0.318 e. The number of urea groups is 1. The Hall–Kier alpha value is -2.37. The molecular formula is C22H34N4O2. The Kier molecular flexibility index (Phi) is 8.48. The van der Waals surface area contributed by atoms with E-state index < -0.39 is 0 Å². The zero-order chi connectivity index (χ0) is 20.5. The molecule has 1 atom stereocenters. The fourth-order valence-corrected chi connectivity index (χ4v) is 3.20. The van der Waals surface area contributed by atoms with Gasteiger partial charge in [0.25, 0.3) is 5.56 Å². The van der Waals surface area contributed by atoms with Crippen LogP contribution in [-0.2, 0) is 6.54 Å². The lowest BCUT2D eigenvalue weighted by molar-refractivity contribution is 0.188. The number of benzene rings is 1. The van der Waals surface area contributed by atoms with E-state index in [9.17, 15) is 9.59 Å². The Balaban J connectivity index is 2.06. The molecule has 0 spiro atoms. The predicted octanol–water partition coefficient (Wildman–Crippen LogP) is 4.45. The number of amides is 2. The van der Waals surface area contributed by atoms with Gasteiger partial charge < -0.3 is 15.2 Å². The summed E-state index contributed by atoms with van der Waals surface area (Å²) in [7, 11) is 0. The number of hydrogen-bond donors (Lipinski definition) is 2. The van der Waals surface area contributed by atoms with Gasteiger partial charge in [0.05, 0.1) is 17.4 Å². The summed E-state index contributed by atoms with van der Waals surface area (Å²) in [5, 5.41) is 3.67. The third-order valence-corrected chi connectivity index (χ3v) is 4.86. The lowest BCUT2D eigenvalue weighted by Crippen LogP contribution is -2.44. The average molecular weight is 387 g/mol. The number of aromatic amines is 1. The van der Waals surface area contributed by atoms with Crippen LogP contribution in [0, 0.1) is 5.92 Å². The van der Waals surface area contributed by atoms with Crippen LogP contribution in [0.3, 0.4) is 0 Å². The molecule has 2 amide bonds. The molecule has 0 unspecified atom stereocenters. The zero-order valence-electron chi connectivity index (χ0n) is 17.6. The monoisotopic (exact) mass is 386 g/mol. The Bertz CT molecular complexity index is 816. The number of rotatable bonds is 10. The van der Waals surface area contributed by atoms with Gasteiger partial charge in [0.15, 0.2) is 0 Å².